The summed E-state index contributed by atoms with van der Waals surface area (Å²) in [6, 6.07) is 4.78. The first-order valence-corrected chi connectivity index (χ1v) is 6.71. The van der Waals surface area contributed by atoms with Crippen molar-refractivity contribution in [1.82, 2.24) is 0 Å². The highest BCUT2D eigenvalue weighted by molar-refractivity contribution is 5.95. The van der Waals surface area contributed by atoms with Crippen molar-refractivity contribution in [2.45, 2.75) is 32.2 Å². The van der Waals surface area contributed by atoms with Gasteiger partial charge in [-0.3, -0.25) is 14.9 Å². The fourth-order valence-electron chi connectivity index (χ4n) is 2.44. The third-order valence-corrected chi connectivity index (χ3v) is 3.74. The number of hydrogen-bond donors (Lipinski definition) is 1. The van der Waals surface area contributed by atoms with E-state index in [1.54, 1.807) is 12.1 Å². The van der Waals surface area contributed by atoms with Crippen molar-refractivity contribution < 1.29 is 14.8 Å². The second-order valence-electron chi connectivity index (χ2n) is 5.02. The summed E-state index contributed by atoms with van der Waals surface area (Å²) in [4.78, 5) is 24.0. The van der Waals surface area contributed by atoms with Crippen LogP contribution >= 0.6 is 0 Å². The van der Waals surface area contributed by atoms with Crippen LogP contribution in [-0.4, -0.2) is 35.0 Å². The number of aliphatic hydroxyl groups is 1. The van der Waals surface area contributed by atoms with Gasteiger partial charge in [-0.2, -0.15) is 0 Å². The summed E-state index contributed by atoms with van der Waals surface area (Å²) >= 11 is 0. The molecule has 0 heterocycles. The van der Waals surface area contributed by atoms with Crippen molar-refractivity contribution in [2.75, 3.05) is 18.1 Å². The van der Waals surface area contributed by atoms with Gasteiger partial charge >= 0.3 is 0 Å². The van der Waals surface area contributed by atoms with E-state index in [2.05, 4.69) is 0 Å². The predicted molar refractivity (Wildman–Crippen MR) is 75.2 cm³/mol. The molecule has 0 unspecified atom stereocenters. The van der Waals surface area contributed by atoms with Gasteiger partial charge < -0.3 is 10.0 Å². The average molecular weight is 278 g/mol. The number of benzene rings is 1. The molecule has 20 heavy (non-hydrogen) atoms. The van der Waals surface area contributed by atoms with Crippen molar-refractivity contribution in [2.24, 2.45) is 0 Å². The monoisotopic (exact) mass is 278 g/mol. The average Bonchev–Trinajstić information content (AvgIpc) is 2.35. The minimum Gasteiger partial charge on any atom is -0.395 e. The Morgan fingerprint density at radius 2 is 2.20 bits per heavy atom. The quantitative estimate of drug-likeness (QED) is 0.489. The third-order valence-electron chi connectivity index (χ3n) is 3.74. The van der Waals surface area contributed by atoms with Gasteiger partial charge in [0.05, 0.1) is 11.5 Å². The molecular weight excluding hydrogens is 260 g/mol. The van der Waals surface area contributed by atoms with E-state index >= 15 is 0 Å². The molecule has 1 fully saturated rings. The molecule has 1 aliphatic rings. The minimum atomic E-state index is -0.467. The summed E-state index contributed by atoms with van der Waals surface area (Å²) in [5, 5.41) is 20.4. The smallest absolute Gasteiger partial charge is 0.293 e. The van der Waals surface area contributed by atoms with E-state index in [0.717, 1.165) is 19.3 Å². The van der Waals surface area contributed by atoms with Crippen molar-refractivity contribution in [3.05, 3.63) is 33.9 Å². The Hall–Kier alpha value is -1.95. The second kappa shape index (κ2) is 6.00. The number of nitro benzene ring substituents is 1. The molecule has 1 N–H and O–H groups in total. The topological polar surface area (TPSA) is 83.7 Å². The number of ketones is 1. The maximum Gasteiger partial charge on any atom is 0.293 e. The van der Waals surface area contributed by atoms with Crippen molar-refractivity contribution >= 4 is 17.2 Å². The number of aliphatic hydroxyl groups excluding tert-OH is 1. The van der Waals surface area contributed by atoms with E-state index in [0.29, 0.717) is 17.8 Å². The number of anilines is 1. The Kier molecular flexibility index (Phi) is 4.34. The van der Waals surface area contributed by atoms with Crippen LogP contribution in [0.2, 0.25) is 0 Å². The van der Waals surface area contributed by atoms with Crippen LogP contribution in [0.5, 0.6) is 0 Å². The number of carbonyl (C=O) groups is 1. The molecule has 1 aromatic carbocycles. The van der Waals surface area contributed by atoms with Crippen LogP contribution in [0.1, 0.15) is 36.5 Å². The number of nitrogens with zero attached hydrogens (tertiary/aromatic N) is 2. The molecule has 0 atom stereocenters. The Morgan fingerprint density at radius 3 is 2.65 bits per heavy atom. The highest BCUT2D eigenvalue weighted by atomic mass is 16.6. The van der Waals surface area contributed by atoms with E-state index < -0.39 is 4.92 Å². The largest absolute Gasteiger partial charge is 0.395 e. The van der Waals surface area contributed by atoms with Gasteiger partial charge in [0.15, 0.2) is 5.78 Å². The first kappa shape index (κ1) is 14.5. The number of nitro groups is 1. The molecule has 0 saturated heterocycles. The Bertz CT molecular complexity index is 526. The van der Waals surface area contributed by atoms with Gasteiger partial charge in [-0.1, -0.05) is 0 Å². The Balaban J connectivity index is 2.41. The lowest BCUT2D eigenvalue weighted by molar-refractivity contribution is -0.384. The van der Waals surface area contributed by atoms with E-state index in [1.807, 2.05) is 4.90 Å². The molecular formula is C14H18N2O4. The summed E-state index contributed by atoms with van der Waals surface area (Å²) < 4.78 is 0. The Labute approximate surface area is 117 Å². The van der Waals surface area contributed by atoms with E-state index in [4.69, 9.17) is 0 Å². The zero-order valence-electron chi connectivity index (χ0n) is 11.4. The molecule has 0 bridgehead atoms. The van der Waals surface area contributed by atoms with Crippen LogP contribution in [0.4, 0.5) is 11.4 Å². The number of rotatable bonds is 6. The van der Waals surface area contributed by atoms with Crippen LogP contribution in [0.3, 0.4) is 0 Å². The predicted octanol–water partition coefficient (Wildman–Crippen LogP) is 2.15. The summed E-state index contributed by atoms with van der Waals surface area (Å²) in [5.74, 6) is -0.197. The van der Waals surface area contributed by atoms with Crippen LogP contribution in [0.15, 0.2) is 18.2 Å². The van der Waals surface area contributed by atoms with Crippen molar-refractivity contribution in [3.63, 3.8) is 0 Å². The summed E-state index contributed by atoms with van der Waals surface area (Å²) in [6.07, 6.45) is 3.06. The highest BCUT2D eigenvalue weighted by Crippen LogP contribution is 2.35. The van der Waals surface area contributed by atoms with Gasteiger partial charge in [0.1, 0.15) is 5.69 Å². The normalized spacial score (nSPS) is 14.7. The first-order valence-electron chi connectivity index (χ1n) is 6.71. The van der Waals surface area contributed by atoms with Gasteiger partial charge in [-0.15, -0.1) is 0 Å². The third kappa shape index (κ3) is 2.80. The minimum absolute atomic E-state index is 0.0535. The van der Waals surface area contributed by atoms with Gasteiger partial charge in [0.25, 0.3) is 5.69 Å². The molecule has 6 heteroatoms. The van der Waals surface area contributed by atoms with Gasteiger partial charge in [-0.25, -0.2) is 0 Å². The summed E-state index contributed by atoms with van der Waals surface area (Å²) in [5.41, 5.74) is 0.745. The van der Waals surface area contributed by atoms with E-state index in [1.165, 1.54) is 13.0 Å². The molecule has 1 saturated carbocycles. The summed E-state index contributed by atoms with van der Waals surface area (Å²) in [6.45, 7) is 1.70. The highest BCUT2D eigenvalue weighted by Gasteiger charge is 2.29. The molecule has 6 nitrogen and oxygen atoms in total. The lowest BCUT2D eigenvalue weighted by Gasteiger charge is -2.38. The molecule has 0 aliphatic heterocycles. The molecule has 1 aromatic rings. The lowest BCUT2D eigenvalue weighted by atomic mass is 9.90. The van der Waals surface area contributed by atoms with E-state index in [9.17, 15) is 20.0 Å². The van der Waals surface area contributed by atoms with Crippen LogP contribution in [0.25, 0.3) is 0 Å². The molecule has 2 rings (SSSR count). The van der Waals surface area contributed by atoms with Gasteiger partial charge in [-0.05, 0) is 38.3 Å². The SMILES string of the molecule is CC(=O)c1ccc(N(CCO)C2CCC2)c([N+](=O)[O-])c1. The fourth-order valence-corrected chi connectivity index (χ4v) is 2.44. The zero-order chi connectivity index (χ0) is 14.7. The van der Waals surface area contributed by atoms with E-state index in [-0.39, 0.29) is 24.1 Å². The fraction of sp³-hybridized carbons (Fsp3) is 0.500. The zero-order valence-corrected chi connectivity index (χ0v) is 11.4. The molecule has 0 amide bonds. The first-order chi connectivity index (χ1) is 9.54. The summed E-state index contributed by atoms with van der Waals surface area (Å²) in [7, 11) is 0. The van der Waals surface area contributed by atoms with Crippen molar-refractivity contribution in [1.29, 1.82) is 0 Å². The molecule has 0 radical (unpaired) electrons. The van der Waals surface area contributed by atoms with Crippen molar-refractivity contribution in [3.8, 4) is 0 Å². The maximum atomic E-state index is 11.4. The molecule has 0 aromatic heterocycles. The number of hydrogen-bond acceptors (Lipinski definition) is 5. The second-order valence-corrected chi connectivity index (χ2v) is 5.02. The van der Waals surface area contributed by atoms with Crippen LogP contribution < -0.4 is 4.90 Å². The number of carbonyl (C=O) groups excluding carboxylic acids is 1. The van der Waals surface area contributed by atoms with Crippen LogP contribution in [-0.2, 0) is 0 Å². The molecule has 0 spiro atoms. The standard InChI is InChI=1S/C14H18N2O4/c1-10(18)11-5-6-13(14(9-11)16(19)20)15(7-8-17)12-3-2-4-12/h5-6,9,12,17H,2-4,7-8H2,1H3. The van der Waals surface area contributed by atoms with Crippen LogP contribution in [0, 0.1) is 10.1 Å². The molecule has 1 aliphatic carbocycles. The van der Waals surface area contributed by atoms with Gasteiger partial charge in [0.2, 0.25) is 0 Å². The Morgan fingerprint density at radius 1 is 1.50 bits per heavy atom. The maximum absolute atomic E-state index is 11.4. The number of Topliss-reactive ketones (excluding diaryl/α,β-unsaturated/α-hetero) is 1. The molecule has 108 valence electrons. The van der Waals surface area contributed by atoms with Gasteiger partial charge in [0, 0.05) is 24.2 Å². The lowest BCUT2D eigenvalue weighted by Crippen LogP contribution is -2.42.